The van der Waals surface area contributed by atoms with Crippen LogP contribution in [0, 0.1) is 0 Å². The second-order valence-electron chi connectivity index (χ2n) is 7.17. The highest BCUT2D eigenvalue weighted by atomic mass is 16.5. The van der Waals surface area contributed by atoms with Crippen molar-refractivity contribution in [1.82, 2.24) is 15.6 Å². The zero-order valence-corrected chi connectivity index (χ0v) is 18.2. The normalized spacial score (nSPS) is 10.8. The van der Waals surface area contributed by atoms with Crippen molar-refractivity contribution >= 4 is 12.1 Å². The third kappa shape index (κ3) is 6.07. The Balaban J connectivity index is 1.31. The standard InChI is InChI=1S/C26H24N4O3/c1-2-32-22-12-8-19(9-13-22)17-27-30-26(31)25-16-24(28-29-25)21-10-14-23(15-11-21)33-18-20-6-4-3-5-7-20/h3-17H,2,18H2,1H3,(H,28,29)(H,30,31)/b27-17+. The number of nitrogens with zero attached hydrogens (tertiary/aromatic N) is 2. The molecule has 0 aliphatic heterocycles. The molecule has 0 aliphatic carbocycles. The van der Waals surface area contributed by atoms with Crippen LogP contribution in [0.4, 0.5) is 0 Å². The molecule has 0 saturated carbocycles. The van der Waals surface area contributed by atoms with E-state index >= 15 is 0 Å². The van der Waals surface area contributed by atoms with Gasteiger partial charge in [-0.1, -0.05) is 30.3 Å². The third-order valence-corrected chi connectivity index (χ3v) is 4.79. The summed E-state index contributed by atoms with van der Waals surface area (Å²) in [6.45, 7) is 3.05. The van der Waals surface area contributed by atoms with Crippen LogP contribution in [0.25, 0.3) is 11.3 Å². The molecule has 0 unspecified atom stereocenters. The van der Waals surface area contributed by atoms with Gasteiger partial charge in [0.05, 0.1) is 18.5 Å². The monoisotopic (exact) mass is 440 g/mol. The summed E-state index contributed by atoms with van der Waals surface area (Å²) in [5.41, 5.74) is 6.30. The maximum atomic E-state index is 12.4. The van der Waals surface area contributed by atoms with E-state index in [2.05, 4.69) is 20.7 Å². The Morgan fingerprint density at radius 1 is 0.970 bits per heavy atom. The molecule has 0 atom stereocenters. The summed E-state index contributed by atoms with van der Waals surface area (Å²) in [4.78, 5) is 12.4. The molecule has 0 saturated heterocycles. The molecule has 3 aromatic carbocycles. The van der Waals surface area contributed by atoms with E-state index in [1.807, 2.05) is 85.8 Å². The van der Waals surface area contributed by atoms with Crippen molar-refractivity contribution in [2.45, 2.75) is 13.5 Å². The van der Waals surface area contributed by atoms with Gasteiger partial charge in [0.2, 0.25) is 0 Å². The van der Waals surface area contributed by atoms with E-state index in [-0.39, 0.29) is 5.91 Å². The molecule has 0 bridgehead atoms. The average Bonchev–Trinajstić information content (AvgIpc) is 3.35. The van der Waals surface area contributed by atoms with Gasteiger partial charge < -0.3 is 9.47 Å². The highest BCUT2D eigenvalue weighted by Gasteiger charge is 2.10. The van der Waals surface area contributed by atoms with Crippen LogP contribution in [0.3, 0.4) is 0 Å². The number of nitrogens with one attached hydrogen (secondary N) is 2. The SMILES string of the molecule is CCOc1ccc(/C=N/NC(=O)c2cc(-c3ccc(OCc4ccccc4)cc3)n[nH]2)cc1. The van der Waals surface area contributed by atoms with E-state index < -0.39 is 0 Å². The number of hydrazone groups is 1. The summed E-state index contributed by atoms with van der Waals surface area (Å²) in [5, 5.41) is 11.0. The van der Waals surface area contributed by atoms with E-state index in [0.29, 0.717) is 24.6 Å². The number of carbonyl (C=O) groups is 1. The van der Waals surface area contributed by atoms with Gasteiger partial charge >= 0.3 is 0 Å². The van der Waals surface area contributed by atoms with Crippen LogP contribution in [0.1, 0.15) is 28.5 Å². The fourth-order valence-electron chi connectivity index (χ4n) is 3.09. The fourth-order valence-corrected chi connectivity index (χ4v) is 3.09. The predicted molar refractivity (Wildman–Crippen MR) is 127 cm³/mol. The number of H-pyrrole nitrogens is 1. The van der Waals surface area contributed by atoms with Crippen LogP contribution in [0.15, 0.2) is 90.0 Å². The summed E-state index contributed by atoms with van der Waals surface area (Å²) >= 11 is 0. The zero-order chi connectivity index (χ0) is 22.9. The summed E-state index contributed by atoms with van der Waals surface area (Å²) in [6, 6.07) is 26.7. The van der Waals surface area contributed by atoms with Crippen LogP contribution >= 0.6 is 0 Å². The number of aromatic amines is 1. The van der Waals surface area contributed by atoms with Crippen molar-refractivity contribution in [2.24, 2.45) is 5.10 Å². The maximum Gasteiger partial charge on any atom is 0.289 e. The van der Waals surface area contributed by atoms with Gasteiger partial charge in [-0.2, -0.15) is 10.2 Å². The van der Waals surface area contributed by atoms with Gasteiger partial charge in [-0.3, -0.25) is 9.89 Å². The molecule has 0 spiro atoms. The molecular weight excluding hydrogens is 416 g/mol. The zero-order valence-electron chi connectivity index (χ0n) is 18.2. The fraction of sp³-hybridized carbons (Fsp3) is 0.115. The number of amides is 1. The quantitative estimate of drug-likeness (QED) is 0.289. The molecule has 166 valence electrons. The molecular formula is C26H24N4O3. The van der Waals surface area contributed by atoms with Crippen molar-refractivity contribution in [3.05, 3.63) is 102 Å². The Morgan fingerprint density at radius 2 is 1.67 bits per heavy atom. The number of benzene rings is 3. The lowest BCUT2D eigenvalue weighted by Crippen LogP contribution is -2.17. The summed E-state index contributed by atoms with van der Waals surface area (Å²) in [7, 11) is 0. The van der Waals surface area contributed by atoms with Crippen molar-refractivity contribution in [2.75, 3.05) is 6.61 Å². The van der Waals surface area contributed by atoms with Crippen molar-refractivity contribution < 1.29 is 14.3 Å². The number of hydrogen-bond acceptors (Lipinski definition) is 5. The highest BCUT2D eigenvalue weighted by molar-refractivity contribution is 5.94. The van der Waals surface area contributed by atoms with E-state index in [1.54, 1.807) is 12.3 Å². The molecule has 4 rings (SSSR count). The average molecular weight is 441 g/mol. The van der Waals surface area contributed by atoms with E-state index in [0.717, 1.165) is 28.2 Å². The highest BCUT2D eigenvalue weighted by Crippen LogP contribution is 2.22. The van der Waals surface area contributed by atoms with Gasteiger partial charge in [0.1, 0.15) is 23.8 Å². The maximum absolute atomic E-state index is 12.4. The van der Waals surface area contributed by atoms with Crippen LogP contribution in [-0.2, 0) is 6.61 Å². The summed E-state index contributed by atoms with van der Waals surface area (Å²) < 4.78 is 11.2. The van der Waals surface area contributed by atoms with E-state index in [4.69, 9.17) is 9.47 Å². The smallest absolute Gasteiger partial charge is 0.289 e. The van der Waals surface area contributed by atoms with Crippen LogP contribution in [0.2, 0.25) is 0 Å². The molecule has 33 heavy (non-hydrogen) atoms. The molecule has 0 fully saturated rings. The topological polar surface area (TPSA) is 88.6 Å². The lowest BCUT2D eigenvalue weighted by atomic mass is 10.1. The summed E-state index contributed by atoms with van der Waals surface area (Å²) in [5.74, 6) is 1.18. The first-order valence-electron chi connectivity index (χ1n) is 10.6. The first-order chi connectivity index (χ1) is 16.2. The van der Waals surface area contributed by atoms with Gasteiger partial charge in [0.25, 0.3) is 5.91 Å². The van der Waals surface area contributed by atoms with Gasteiger partial charge in [0.15, 0.2) is 0 Å². The molecule has 1 heterocycles. The molecule has 2 N–H and O–H groups in total. The molecule has 7 heteroatoms. The Kier molecular flexibility index (Phi) is 7.12. The van der Waals surface area contributed by atoms with E-state index in [1.165, 1.54) is 0 Å². The van der Waals surface area contributed by atoms with Gasteiger partial charge in [0, 0.05) is 5.56 Å². The van der Waals surface area contributed by atoms with Crippen LogP contribution in [-0.4, -0.2) is 28.9 Å². The first kappa shape index (κ1) is 21.8. The van der Waals surface area contributed by atoms with Crippen molar-refractivity contribution in [1.29, 1.82) is 0 Å². The second kappa shape index (κ2) is 10.8. The van der Waals surface area contributed by atoms with Gasteiger partial charge in [-0.25, -0.2) is 5.43 Å². The van der Waals surface area contributed by atoms with Crippen LogP contribution in [0.5, 0.6) is 11.5 Å². The Bertz CT molecular complexity index is 1200. The minimum absolute atomic E-state index is 0.318. The van der Waals surface area contributed by atoms with Crippen molar-refractivity contribution in [3.8, 4) is 22.8 Å². The summed E-state index contributed by atoms with van der Waals surface area (Å²) in [6.07, 6.45) is 1.57. The molecule has 1 amide bonds. The third-order valence-electron chi connectivity index (χ3n) is 4.79. The predicted octanol–water partition coefficient (Wildman–Crippen LogP) is 4.82. The number of ether oxygens (including phenoxy) is 2. The van der Waals surface area contributed by atoms with Crippen LogP contribution < -0.4 is 14.9 Å². The van der Waals surface area contributed by atoms with Crippen molar-refractivity contribution in [3.63, 3.8) is 0 Å². The van der Waals surface area contributed by atoms with Gasteiger partial charge in [-0.05, 0) is 72.6 Å². The molecule has 0 radical (unpaired) electrons. The minimum atomic E-state index is -0.376. The number of rotatable bonds is 9. The number of carbonyl (C=O) groups excluding carboxylic acids is 1. The number of aromatic nitrogens is 2. The Morgan fingerprint density at radius 3 is 2.39 bits per heavy atom. The Hall–Kier alpha value is -4.39. The molecule has 1 aromatic heterocycles. The lowest BCUT2D eigenvalue weighted by Gasteiger charge is -2.06. The van der Waals surface area contributed by atoms with Gasteiger partial charge in [-0.15, -0.1) is 0 Å². The largest absolute Gasteiger partial charge is 0.494 e. The lowest BCUT2D eigenvalue weighted by molar-refractivity contribution is 0.0950. The molecule has 7 nitrogen and oxygen atoms in total. The molecule has 4 aromatic rings. The Labute approximate surface area is 192 Å². The van der Waals surface area contributed by atoms with E-state index in [9.17, 15) is 4.79 Å². The minimum Gasteiger partial charge on any atom is -0.494 e. The first-order valence-corrected chi connectivity index (χ1v) is 10.6. The second-order valence-corrected chi connectivity index (χ2v) is 7.17. The number of hydrogen-bond donors (Lipinski definition) is 2. The molecule has 0 aliphatic rings.